The van der Waals surface area contributed by atoms with Crippen molar-refractivity contribution in [3.05, 3.63) is 144 Å². The largest absolute Gasteiger partial charge is 0.456 e. The van der Waals surface area contributed by atoms with Gasteiger partial charge in [0.25, 0.3) is 5.78 Å². The fraction of sp³-hybridized carbons (Fsp3) is 0.422. The Morgan fingerprint density at radius 3 is 1.58 bits per heavy atom. The van der Waals surface area contributed by atoms with Crippen LogP contribution in [0.5, 0.6) is 0 Å². The van der Waals surface area contributed by atoms with E-state index in [1.165, 1.54) is 0 Å². The molecule has 0 amide bonds. The van der Waals surface area contributed by atoms with Crippen LogP contribution in [0.2, 0.25) is 0 Å². The maximum Gasteiger partial charge on any atom is 0.377 e. The SMILES string of the molecule is CC(C)C1C(C)CCCC1OC(=O)C(=O)[C@H](OCc1ccccc1)[C@@H](OCc1ccccc1)[C@H](OCc1ccccc1)[C@H](O)COCc1ccccc1. The van der Waals surface area contributed by atoms with Crippen LogP contribution in [0.25, 0.3) is 0 Å². The Morgan fingerprint density at radius 2 is 1.09 bits per heavy atom. The van der Waals surface area contributed by atoms with Gasteiger partial charge in [0, 0.05) is 5.92 Å². The van der Waals surface area contributed by atoms with Crippen LogP contribution in [-0.4, -0.2) is 54.0 Å². The van der Waals surface area contributed by atoms with E-state index in [2.05, 4.69) is 20.8 Å². The van der Waals surface area contributed by atoms with Gasteiger partial charge < -0.3 is 28.8 Å². The molecule has 1 aliphatic rings. The molecule has 8 heteroatoms. The van der Waals surface area contributed by atoms with Crippen molar-refractivity contribution in [3.8, 4) is 0 Å². The van der Waals surface area contributed by atoms with Crippen molar-refractivity contribution in [2.75, 3.05) is 6.61 Å². The number of aliphatic hydroxyl groups is 1. The van der Waals surface area contributed by atoms with Gasteiger partial charge in [-0.3, -0.25) is 4.79 Å². The van der Waals surface area contributed by atoms with Crippen LogP contribution in [0, 0.1) is 17.8 Å². The Labute approximate surface area is 314 Å². The van der Waals surface area contributed by atoms with E-state index in [1.54, 1.807) is 0 Å². The molecule has 0 aliphatic heterocycles. The highest BCUT2D eigenvalue weighted by Gasteiger charge is 2.45. The van der Waals surface area contributed by atoms with Crippen LogP contribution >= 0.6 is 0 Å². The Kier molecular flexibility index (Phi) is 15.8. The highest BCUT2D eigenvalue weighted by atomic mass is 16.6. The van der Waals surface area contributed by atoms with Crippen molar-refractivity contribution in [2.24, 2.45) is 17.8 Å². The van der Waals surface area contributed by atoms with Gasteiger partial charge in [-0.15, -0.1) is 0 Å². The quantitative estimate of drug-likeness (QED) is 0.0727. The third-order valence-electron chi connectivity index (χ3n) is 9.97. The second-order valence-corrected chi connectivity index (χ2v) is 14.3. The van der Waals surface area contributed by atoms with Gasteiger partial charge in [0.2, 0.25) is 0 Å². The maximum absolute atomic E-state index is 14.5. The number of hydrogen-bond donors (Lipinski definition) is 1. The van der Waals surface area contributed by atoms with Crippen LogP contribution in [0.15, 0.2) is 121 Å². The lowest BCUT2D eigenvalue weighted by Crippen LogP contribution is -2.54. The Bertz CT molecular complexity index is 1630. The van der Waals surface area contributed by atoms with E-state index in [4.69, 9.17) is 23.7 Å². The van der Waals surface area contributed by atoms with E-state index in [-0.39, 0.29) is 44.9 Å². The minimum Gasteiger partial charge on any atom is -0.456 e. The van der Waals surface area contributed by atoms with Gasteiger partial charge in [0.15, 0.2) is 6.10 Å². The second kappa shape index (κ2) is 20.9. The van der Waals surface area contributed by atoms with E-state index in [0.29, 0.717) is 12.3 Å². The Balaban J connectivity index is 1.48. The fourth-order valence-corrected chi connectivity index (χ4v) is 7.29. The Hall–Kier alpha value is -4.18. The zero-order valence-electron chi connectivity index (χ0n) is 31.1. The standard InChI is InChI=1S/C45H54O8/c1-32(2)40-33(3)17-16-26-39(40)53-45(48)41(47)43(51-29-36-22-12-6-13-23-36)44(52-30-37-24-14-7-15-25-37)42(50-28-35-20-10-5-11-21-35)38(46)31-49-27-34-18-8-4-9-19-34/h4-15,18-25,32-33,38-40,42-44,46H,16-17,26-31H2,1-3H3/t33?,38-,39?,40?,42-,43+,44+/m1/s1. The zero-order valence-corrected chi connectivity index (χ0v) is 31.1. The number of aliphatic hydroxyl groups excluding tert-OH is 1. The molecule has 5 rings (SSSR count). The molecule has 1 fully saturated rings. The monoisotopic (exact) mass is 722 g/mol. The lowest BCUT2D eigenvalue weighted by atomic mass is 9.72. The number of Topliss-reactive ketones (excluding diaryl/α,β-unsaturated/α-hetero) is 1. The summed E-state index contributed by atoms with van der Waals surface area (Å²) in [5.74, 6) is -1.11. The number of carbonyl (C=O) groups is 2. The lowest BCUT2D eigenvalue weighted by molar-refractivity contribution is -0.196. The molecular weight excluding hydrogens is 668 g/mol. The van der Waals surface area contributed by atoms with Gasteiger partial charge in [-0.25, -0.2) is 4.79 Å². The minimum atomic E-state index is -1.48. The summed E-state index contributed by atoms with van der Waals surface area (Å²) in [7, 11) is 0. The summed E-state index contributed by atoms with van der Waals surface area (Å²) < 4.78 is 31.5. The average molecular weight is 723 g/mol. The van der Waals surface area contributed by atoms with E-state index < -0.39 is 42.3 Å². The summed E-state index contributed by atoms with van der Waals surface area (Å²) in [5, 5.41) is 11.9. The van der Waals surface area contributed by atoms with Gasteiger partial charge in [-0.2, -0.15) is 0 Å². The maximum atomic E-state index is 14.5. The summed E-state index contributed by atoms with van der Waals surface area (Å²) in [4.78, 5) is 28.5. The van der Waals surface area contributed by atoms with Crippen molar-refractivity contribution in [2.45, 2.75) is 97.0 Å². The first-order valence-corrected chi connectivity index (χ1v) is 18.8. The van der Waals surface area contributed by atoms with Crippen molar-refractivity contribution >= 4 is 11.8 Å². The molecule has 0 saturated heterocycles. The van der Waals surface area contributed by atoms with Gasteiger partial charge in [-0.1, -0.05) is 149 Å². The molecule has 1 N–H and O–H groups in total. The smallest absolute Gasteiger partial charge is 0.377 e. The summed E-state index contributed by atoms with van der Waals surface area (Å²) in [6, 6.07) is 38.1. The molecule has 1 saturated carbocycles. The Morgan fingerprint density at radius 1 is 0.642 bits per heavy atom. The predicted octanol–water partition coefficient (Wildman–Crippen LogP) is 7.89. The third kappa shape index (κ3) is 12.2. The van der Waals surface area contributed by atoms with E-state index in [0.717, 1.165) is 35.1 Å². The molecule has 8 nitrogen and oxygen atoms in total. The van der Waals surface area contributed by atoms with E-state index in [1.807, 2.05) is 121 Å². The number of benzene rings is 4. The fourth-order valence-electron chi connectivity index (χ4n) is 7.29. The summed E-state index contributed by atoms with van der Waals surface area (Å²) in [6.45, 7) is 6.76. The summed E-state index contributed by atoms with van der Waals surface area (Å²) in [5.41, 5.74) is 3.43. The second-order valence-electron chi connectivity index (χ2n) is 14.3. The lowest BCUT2D eigenvalue weighted by Gasteiger charge is -2.39. The molecule has 282 valence electrons. The van der Waals surface area contributed by atoms with Gasteiger partial charge in [0.05, 0.1) is 33.0 Å². The minimum absolute atomic E-state index is 0.0107. The third-order valence-corrected chi connectivity index (χ3v) is 9.97. The van der Waals surface area contributed by atoms with Crippen molar-refractivity contribution in [3.63, 3.8) is 0 Å². The van der Waals surface area contributed by atoms with Crippen LogP contribution < -0.4 is 0 Å². The number of ketones is 1. The molecule has 3 unspecified atom stereocenters. The van der Waals surface area contributed by atoms with Crippen LogP contribution in [0.4, 0.5) is 0 Å². The average Bonchev–Trinajstić information content (AvgIpc) is 3.18. The molecule has 53 heavy (non-hydrogen) atoms. The summed E-state index contributed by atoms with van der Waals surface area (Å²) >= 11 is 0. The van der Waals surface area contributed by atoms with Crippen LogP contribution in [-0.2, 0) is 59.7 Å². The van der Waals surface area contributed by atoms with E-state index >= 15 is 0 Å². The first kappa shape index (κ1) is 40.0. The summed E-state index contributed by atoms with van der Waals surface area (Å²) in [6.07, 6.45) is -2.86. The highest BCUT2D eigenvalue weighted by molar-refractivity contribution is 6.35. The molecule has 0 spiro atoms. The normalized spacial score (nSPS) is 19.6. The van der Waals surface area contributed by atoms with Crippen molar-refractivity contribution < 1.29 is 38.4 Å². The predicted molar refractivity (Wildman–Crippen MR) is 203 cm³/mol. The number of ether oxygens (including phenoxy) is 5. The highest BCUT2D eigenvalue weighted by Crippen LogP contribution is 2.37. The van der Waals surface area contributed by atoms with Crippen LogP contribution in [0.1, 0.15) is 62.3 Å². The molecule has 0 heterocycles. The molecule has 4 aromatic rings. The zero-order chi connectivity index (χ0) is 37.4. The topological polar surface area (TPSA) is 101 Å². The molecule has 4 aromatic carbocycles. The van der Waals surface area contributed by atoms with Crippen molar-refractivity contribution in [1.82, 2.24) is 0 Å². The molecular formula is C45H54O8. The van der Waals surface area contributed by atoms with Gasteiger partial charge in [-0.05, 0) is 46.9 Å². The number of hydrogen-bond acceptors (Lipinski definition) is 8. The number of carbonyl (C=O) groups excluding carboxylic acids is 2. The van der Waals surface area contributed by atoms with Gasteiger partial charge >= 0.3 is 5.97 Å². The molecule has 0 bridgehead atoms. The molecule has 7 atom stereocenters. The molecule has 1 aliphatic carbocycles. The first-order valence-electron chi connectivity index (χ1n) is 18.8. The first-order chi connectivity index (χ1) is 25.8. The van der Waals surface area contributed by atoms with Crippen molar-refractivity contribution in [1.29, 1.82) is 0 Å². The molecule has 0 radical (unpaired) electrons. The number of esters is 1. The molecule has 0 aromatic heterocycles. The van der Waals surface area contributed by atoms with Gasteiger partial charge in [0.1, 0.15) is 24.4 Å². The number of rotatable bonds is 20. The van der Waals surface area contributed by atoms with Crippen LogP contribution in [0.3, 0.4) is 0 Å². The van der Waals surface area contributed by atoms with E-state index in [9.17, 15) is 14.7 Å².